The van der Waals surface area contributed by atoms with Gasteiger partial charge in [-0.25, -0.2) is 0 Å². The summed E-state index contributed by atoms with van der Waals surface area (Å²) in [5, 5.41) is 12.1. The van der Waals surface area contributed by atoms with Crippen molar-refractivity contribution in [2.45, 2.75) is 51.2 Å². The molecule has 1 saturated heterocycles. The molecule has 5 nitrogen and oxygen atoms in total. The third-order valence-electron chi connectivity index (χ3n) is 4.72. The summed E-state index contributed by atoms with van der Waals surface area (Å²) in [6, 6.07) is 0.682. The van der Waals surface area contributed by atoms with Crippen molar-refractivity contribution in [3.05, 3.63) is 11.9 Å². The van der Waals surface area contributed by atoms with Crippen LogP contribution in [0, 0.1) is 5.92 Å². The van der Waals surface area contributed by atoms with E-state index in [1.54, 1.807) is 4.68 Å². The van der Waals surface area contributed by atoms with Gasteiger partial charge in [0, 0.05) is 44.5 Å². The average molecular weight is 263 g/mol. The van der Waals surface area contributed by atoms with Gasteiger partial charge in [0.2, 0.25) is 0 Å². The van der Waals surface area contributed by atoms with Gasteiger partial charge in [-0.05, 0) is 32.1 Å². The van der Waals surface area contributed by atoms with E-state index in [0.717, 1.165) is 31.2 Å². The summed E-state index contributed by atoms with van der Waals surface area (Å²) in [5.74, 6) is 0.894. The van der Waals surface area contributed by atoms with Gasteiger partial charge in [0.05, 0.1) is 5.69 Å². The SMILES string of the molecule is CCC1(C)CN(Cc2cn(C)nn2)C(C2CC2)CN1. The highest BCUT2D eigenvalue weighted by atomic mass is 15.4. The number of nitrogens with one attached hydrogen (secondary N) is 1. The Hall–Kier alpha value is -0.940. The van der Waals surface area contributed by atoms with Gasteiger partial charge in [0.25, 0.3) is 0 Å². The van der Waals surface area contributed by atoms with Crippen molar-refractivity contribution < 1.29 is 0 Å². The molecule has 106 valence electrons. The highest BCUT2D eigenvalue weighted by molar-refractivity contribution is 5.02. The molecule has 1 N–H and O–H groups in total. The van der Waals surface area contributed by atoms with Gasteiger partial charge in [-0.1, -0.05) is 12.1 Å². The van der Waals surface area contributed by atoms with Crippen LogP contribution in [0.1, 0.15) is 38.8 Å². The van der Waals surface area contributed by atoms with Crippen LogP contribution in [-0.2, 0) is 13.6 Å². The normalized spacial score (nSPS) is 32.7. The largest absolute Gasteiger partial charge is 0.309 e. The Bertz CT molecular complexity index is 439. The highest BCUT2D eigenvalue weighted by Crippen LogP contribution is 2.38. The van der Waals surface area contributed by atoms with Crippen molar-refractivity contribution in [2.75, 3.05) is 13.1 Å². The standard InChI is InChI=1S/C14H25N5/c1-4-14(2)10-19(9-12-8-18(3)17-16-12)13(7-15-14)11-5-6-11/h8,11,13,15H,4-7,9-10H2,1-3H3. The summed E-state index contributed by atoms with van der Waals surface area (Å²) in [6.45, 7) is 7.77. The van der Waals surface area contributed by atoms with Gasteiger partial charge in [-0.3, -0.25) is 9.58 Å². The molecular formula is C14H25N5. The molecule has 5 heteroatoms. The number of hydrogen-bond donors (Lipinski definition) is 1. The van der Waals surface area contributed by atoms with Crippen molar-refractivity contribution in [1.82, 2.24) is 25.2 Å². The number of nitrogens with zero attached hydrogens (tertiary/aromatic N) is 4. The summed E-state index contributed by atoms with van der Waals surface area (Å²) in [7, 11) is 1.93. The van der Waals surface area contributed by atoms with Crippen LogP contribution in [0.5, 0.6) is 0 Å². The lowest BCUT2D eigenvalue weighted by molar-refractivity contribution is 0.0651. The first kappa shape index (κ1) is 13.1. The second kappa shape index (κ2) is 4.87. The van der Waals surface area contributed by atoms with E-state index in [2.05, 4.69) is 34.4 Å². The Labute approximate surface area is 115 Å². The summed E-state index contributed by atoms with van der Waals surface area (Å²) >= 11 is 0. The van der Waals surface area contributed by atoms with Crippen molar-refractivity contribution in [2.24, 2.45) is 13.0 Å². The third-order valence-corrected chi connectivity index (χ3v) is 4.72. The Kier molecular flexibility index (Phi) is 3.35. The minimum absolute atomic E-state index is 0.244. The van der Waals surface area contributed by atoms with E-state index in [9.17, 15) is 0 Å². The van der Waals surface area contributed by atoms with Gasteiger partial charge in [-0.2, -0.15) is 0 Å². The molecule has 0 bridgehead atoms. The fraction of sp³-hybridized carbons (Fsp3) is 0.857. The van der Waals surface area contributed by atoms with Crippen LogP contribution in [-0.4, -0.2) is 44.6 Å². The predicted octanol–water partition coefficient (Wildman–Crippen LogP) is 1.17. The van der Waals surface area contributed by atoms with Crippen LogP contribution in [0.2, 0.25) is 0 Å². The van der Waals surface area contributed by atoms with Crippen molar-refractivity contribution >= 4 is 0 Å². The molecule has 2 fully saturated rings. The van der Waals surface area contributed by atoms with E-state index in [4.69, 9.17) is 0 Å². The maximum atomic E-state index is 4.25. The molecule has 19 heavy (non-hydrogen) atoms. The molecule has 1 aliphatic heterocycles. The number of hydrogen-bond acceptors (Lipinski definition) is 4. The van der Waals surface area contributed by atoms with Crippen LogP contribution in [0.25, 0.3) is 0 Å². The first-order valence-electron chi connectivity index (χ1n) is 7.44. The zero-order valence-electron chi connectivity index (χ0n) is 12.3. The second-order valence-corrected chi connectivity index (χ2v) is 6.49. The molecule has 2 aliphatic rings. The number of aromatic nitrogens is 3. The monoisotopic (exact) mass is 263 g/mol. The second-order valence-electron chi connectivity index (χ2n) is 6.49. The van der Waals surface area contributed by atoms with Crippen LogP contribution in [0.15, 0.2) is 6.20 Å². The summed E-state index contributed by atoms with van der Waals surface area (Å²) < 4.78 is 1.79. The molecule has 2 heterocycles. The summed E-state index contributed by atoms with van der Waals surface area (Å²) in [4.78, 5) is 2.63. The zero-order chi connectivity index (χ0) is 13.5. The molecule has 1 aromatic rings. The van der Waals surface area contributed by atoms with E-state index in [1.165, 1.54) is 19.3 Å². The highest BCUT2D eigenvalue weighted by Gasteiger charge is 2.41. The quantitative estimate of drug-likeness (QED) is 0.886. The number of piperazine rings is 1. The van der Waals surface area contributed by atoms with Gasteiger partial charge >= 0.3 is 0 Å². The molecule has 2 atom stereocenters. The maximum Gasteiger partial charge on any atom is 0.0967 e. The molecular weight excluding hydrogens is 238 g/mol. The van der Waals surface area contributed by atoms with E-state index >= 15 is 0 Å². The third kappa shape index (κ3) is 2.82. The number of rotatable bonds is 4. The zero-order valence-corrected chi connectivity index (χ0v) is 12.3. The minimum atomic E-state index is 0.244. The first-order valence-corrected chi connectivity index (χ1v) is 7.44. The molecule has 1 saturated carbocycles. The van der Waals surface area contributed by atoms with E-state index in [0.29, 0.717) is 6.04 Å². The lowest BCUT2D eigenvalue weighted by Gasteiger charge is -2.46. The Morgan fingerprint density at radius 3 is 2.84 bits per heavy atom. The van der Waals surface area contributed by atoms with Crippen LogP contribution >= 0.6 is 0 Å². The predicted molar refractivity (Wildman–Crippen MR) is 74.6 cm³/mol. The number of aryl methyl sites for hydroxylation is 1. The van der Waals surface area contributed by atoms with Gasteiger partial charge in [0.1, 0.15) is 0 Å². The molecule has 0 aromatic carbocycles. The van der Waals surface area contributed by atoms with Crippen molar-refractivity contribution in [3.8, 4) is 0 Å². The Morgan fingerprint density at radius 1 is 1.47 bits per heavy atom. The molecule has 2 unspecified atom stereocenters. The van der Waals surface area contributed by atoms with Crippen molar-refractivity contribution in [3.63, 3.8) is 0 Å². The Balaban J connectivity index is 1.73. The summed E-state index contributed by atoms with van der Waals surface area (Å²) in [5.41, 5.74) is 1.33. The molecule has 0 amide bonds. The van der Waals surface area contributed by atoms with E-state index in [1.807, 2.05) is 13.2 Å². The minimum Gasteiger partial charge on any atom is -0.309 e. The lowest BCUT2D eigenvalue weighted by atomic mass is 9.92. The smallest absolute Gasteiger partial charge is 0.0967 e. The Morgan fingerprint density at radius 2 is 2.26 bits per heavy atom. The van der Waals surface area contributed by atoms with Gasteiger partial charge in [-0.15, -0.1) is 5.10 Å². The van der Waals surface area contributed by atoms with Crippen molar-refractivity contribution in [1.29, 1.82) is 0 Å². The summed E-state index contributed by atoms with van der Waals surface area (Å²) in [6.07, 6.45) is 5.99. The van der Waals surface area contributed by atoms with Crippen LogP contribution in [0.3, 0.4) is 0 Å². The maximum absolute atomic E-state index is 4.25. The molecule has 1 aliphatic carbocycles. The topological polar surface area (TPSA) is 46.0 Å². The van der Waals surface area contributed by atoms with E-state index in [-0.39, 0.29) is 5.54 Å². The molecule has 1 aromatic heterocycles. The van der Waals surface area contributed by atoms with Gasteiger partial charge in [0.15, 0.2) is 0 Å². The first-order chi connectivity index (χ1) is 9.09. The molecule has 3 rings (SSSR count). The lowest BCUT2D eigenvalue weighted by Crippen LogP contribution is -2.62. The van der Waals surface area contributed by atoms with Gasteiger partial charge < -0.3 is 5.32 Å². The fourth-order valence-electron chi connectivity index (χ4n) is 3.13. The van der Waals surface area contributed by atoms with Crippen LogP contribution in [0.4, 0.5) is 0 Å². The average Bonchev–Trinajstić information content (AvgIpc) is 3.14. The molecule has 0 spiro atoms. The van der Waals surface area contributed by atoms with E-state index < -0.39 is 0 Å². The molecule has 0 radical (unpaired) electrons. The fourth-order valence-corrected chi connectivity index (χ4v) is 3.13. The van der Waals surface area contributed by atoms with Crippen LogP contribution < -0.4 is 5.32 Å².